The number of rotatable bonds is 1. The zero-order valence-corrected chi connectivity index (χ0v) is 10.2. The minimum atomic E-state index is 0. The summed E-state index contributed by atoms with van der Waals surface area (Å²) in [4.78, 5) is 14.1. The first-order valence-corrected chi connectivity index (χ1v) is 5.77. The van der Waals surface area contributed by atoms with Crippen molar-refractivity contribution in [2.24, 2.45) is 11.8 Å². The standard InChI is InChI=1S/C11H20N2O.ClH/c1-9-3-6-13(7-4-9)11(14)10-2-5-12-8-10;/h9-10,12H,2-8H2,1H3;1H/t10-;/m0./s1. The average molecular weight is 233 g/mol. The molecule has 1 atom stereocenters. The smallest absolute Gasteiger partial charge is 0.227 e. The number of halogens is 1. The summed E-state index contributed by atoms with van der Waals surface area (Å²) in [7, 11) is 0. The van der Waals surface area contributed by atoms with Crippen LogP contribution in [0.15, 0.2) is 0 Å². The van der Waals surface area contributed by atoms with Gasteiger partial charge in [0.05, 0.1) is 5.92 Å². The zero-order chi connectivity index (χ0) is 9.97. The number of hydrogen-bond donors (Lipinski definition) is 1. The van der Waals surface area contributed by atoms with Gasteiger partial charge in [0, 0.05) is 19.6 Å². The van der Waals surface area contributed by atoms with E-state index >= 15 is 0 Å². The number of nitrogens with zero attached hydrogens (tertiary/aromatic N) is 1. The average Bonchev–Trinajstić information content (AvgIpc) is 2.71. The summed E-state index contributed by atoms with van der Waals surface area (Å²) < 4.78 is 0. The van der Waals surface area contributed by atoms with E-state index in [0.717, 1.165) is 38.5 Å². The zero-order valence-electron chi connectivity index (χ0n) is 9.37. The number of nitrogens with one attached hydrogen (secondary N) is 1. The maximum Gasteiger partial charge on any atom is 0.227 e. The SMILES string of the molecule is CC1CCN(C(=O)[C@H]2CCNC2)CC1.Cl. The Labute approximate surface area is 98.0 Å². The number of hydrogen-bond acceptors (Lipinski definition) is 2. The Morgan fingerprint density at radius 1 is 1.27 bits per heavy atom. The Hall–Kier alpha value is -0.280. The summed E-state index contributed by atoms with van der Waals surface area (Å²) in [6.07, 6.45) is 3.41. The molecular formula is C11H21ClN2O. The number of piperidine rings is 1. The van der Waals surface area contributed by atoms with Gasteiger partial charge < -0.3 is 10.2 Å². The lowest BCUT2D eigenvalue weighted by atomic mass is 9.97. The van der Waals surface area contributed by atoms with Gasteiger partial charge >= 0.3 is 0 Å². The number of amides is 1. The topological polar surface area (TPSA) is 32.3 Å². The lowest BCUT2D eigenvalue weighted by Gasteiger charge is -2.32. The largest absolute Gasteiger partial charge is 0.342 e. The third-order valence-corrected chi connectivity index (χ3v) is 3.50. The third kappa shape index (κ3) is 3.08. The molecule has 2 aliphatic heterocycles. The maximum atomic E-state index is 12.0. The fourth-order valence-corrected chi connectivity index (χ4v) is 2.35. The molecule has 0 saturated carbocycles. The van der Waals surface area contributed by atoms with Crippen molar-refractivity contribution >= 4 is 18.3 Å². The molecule has 0 aromatic rings. The summed E-state index contributed by atoms with van der Waals surface area (Å²) in [6.45, 7) is 6.15. The predicted molar refractivity (Wildman–Crippen MR) is 63.2 cm³/mol. The van der Waals surface area contributed by atoms with Gasteiger partial charge in [-0.1, -0.05) is 6.92 Å². The summed E-state index contributed by atoms with van der Waals surface area (Å²) in [6, 6.07) is 0. The number of carbonyl (C=O) groups excluding carboxylic acids is 1. The van der Waals surface area contributed by atoms with E-state index in [1.807, 2.05) is 0 Å². The second kappa shape index (κ2) is 5.71. The van der Waals surface area contributed by atoms with Gasteiger partial charge in [-0.3, -0.25) is 4.79 Å². The van der Waals surface area contributed by atoms with Crippen molar-refractivity contribution in [2.75, 3.05) is 26.2 Å². The highest BCUT2D eigenvalue weighted by Crippen LogP contribution is 2.19. The van der Waals surface area contributed by atoms with Crippen LogP contribution in [0.3, 0.4) is 0 Å². The maximum absolute atomic E-state index is 12.0. The molecule has 4 heteroatoms. The highest BCUT2D eigenvalue weighted by atomic mass is 35.5. The van der Waals surface area contributed by atoms with E-state index < -0.39 is 0 Å². The fraction of sp³-hybridized carbons (Fsp3) is 0.909. The molecule has 0 aromatic carbocycles. The van der Waals surface area contributed by atoms with E-state index in [4.69, 9.17) is 0 Å². The van der Waals surface area contributed by atoms with Crippen molar-refractivity contribution in [2.45, 2.75) is 26.2 Å². The Bertz CT molecular complexity index is 209. The van der Waals surface area contributed by atoms with E-state index in [-0.39, 0.29) is 18.3 Å². The van der Waals surface area contributed by atoms with E-state index in [1.54, 1.807) is 0 Å². The lowest BCUT2D eigenvalue weighted by Crippen LogP contribution is -2.41. The first-order valence-electron chi connectivity index (χ1n) is 5.77. The Morgan fingerprint density at radius 2 is 1.93 bits per heavy atom. The van der Waals surface area contributed by atoms with Crippen LogP contribution in [-0.4, -0.2) is 37.0 Å². The summed E-state index contributed by atoms with van der Waals surface area (Å²) in [5.74, 6) is 1.46. The van der Waals surface area contributed by atoms with Crippen LogP contribution in [-0.2, 0) is 4.79 Å². The molecule has 88 valence electrons. The van der Waals surface area contributed by atoms with Crippen LogP contribution in [0, 0.1) is 11.8 Å². The second-order valence-corrected chi connectivity index (χ2v) is 4.70. The molecule has 0 spiro atoms. The van der Waals surface area contributed by atoms with Crippen LogP contribution < -0.4 is 5.32 Å². The Morgan fingerprint density at radius 3 is 2.47 bits per heavy atom. The first-order chi connectivity index (χ1) is 6.77. The fourth-order valence-electron chi connectivity index (χ4n) is 2.35. The molecule has 0 radical (unpaired) electrons. The molecule has 1 N–H and O–H groups in total. The molecular weight excluding hydrogens is 212 g/mol. The molecule has 2 rings (SSSR count). The van der Waals surface area contributed by atoms with E-state index in [9.17, 15) is 4.79 Å². The Balaban J connectivity index is 0.00000112. The van der Waals surface area contributed by atoms with Crippen molar-refractivity contribution in [3.8, 4) is 0 Å². The van der Waals surface area contributed by atoms with Crippen LogP contribution in [0.5, 0.6) is 0 Å². The molecule has 15 heavy (non-hydrogen) atoms. The van der Waals surface area contributed by atoms with Gasteiger partial charge in [0.25, 0.3) is 0 Å². The highest BCUT2D eigenvalue weighted by Gasteiger charge is 2.28. The molecule has 0 aliphatic carbocycles. The molecule has 2 saturated heterocycles. The highest BCUT2D eigenvalue weighted by molar-refractivity contribution is 5.85. The monoisotopic (exact) mass is 232 g/mol. The first kappa shape index (κ1) is 12.8. The molecule has 0 unspecified atom stereocenters. The van der Waals surface area contributed by atoms with Gasteiger partial charge in [-0.25, -0.2) is 0 Å². The molecule has 2 heterocycles. The van der Waals surface area contributed by atoms with Gasteiger partial charge in [0.15, 0.2) is 0 Å². The van der Waals surface area contributed by atoms with Crippen LogP contribution in [0.25, 0.3) is 0 Å². The van der Waals surface area contributed by atoms with Crippen molar-refractivity contribution in [3.63, 3.8) is 0 Å². The number of carbonyl (C=O) groups is 1. The summed E-state index contributed by atoms with van der Waals surface area (Å²) in [5.41, 5.74) is 0. The van der Waals surface area contributed by atoms with E-state index in [1.165, 1.54) is 12.8 Å². The predicted octanol–water partition coefficient (Wildman–Crippen LogP) is 1.28. The minimum Gasteiger partial charge on any atom is -0.342 e. The van der Waals surface area contributed by atoms with E-state index in [2.05, 4.69) is 17.1 Å². The van der Waals surface area contributed by atoms with Crippen LogP contribution in [0.4, 0.5) is 0 Å². The molecule has 2 fully saturated rings. The van der Waals surface area contributed by atoms with E-state index in [0.29, 0.717) is 5.91 Å². The van der Waals surface area contributed by atoms with Crippen molar-refractivity contribution in [3.05, 3.63) is 0 Å². The lowest BCUT2D eigenvalue weighted by molar-refractivity contribution is -0.136. The molecule has 1 amide bonds. The van der Waals surface area contributed by atoms with Gasteiger partial charge in [-0.15, -0.1) is 12.4 Å². The molecule has 3 nitrogen and oxygen atoms in total. The normalized spacial score (nSPS) is 27.5. The molecule has 2 aliphatic rings. The minimum absolute atomic E-state index is 0. The van der Waals surface area contributed by atoms with Gasteiger partial charge in [0.1, 0.15) is 0 Å². The van der Waals surface area contributed by atoms with Crippen molar-refractivity contribution in [1.82, 2.24) is 10.2 Å². The van der Waals surface area contributed by atoms with Gasteiger partial charge in [-0.2, -0.15) is 0 Å². The molecule has 0 aromatic heterocycles. The third-order valence-electron chi connectivity index (χ3n) is 3.50. The van der Waals surface area contributed by atoms with Crippen LogP contribution >= 0.6 is 12.4 Å². The van der Waals surface area contributed by atoms with Gasteiger partial charge in [0.2, 0.25) is 5.91 Å². The molecule has 0 bridgehead atoms. The van der Waals surface area contributed by atoms with Crippen molar-refractivity contribution in [1.29, 1.82) is 0 Å². The van der Waals surface area contributed by atoms with Crippen molar-refractivity contribution < 1.29 is 4.79 Å². The summed E-state index contributed by atoms with van der Waals surface area (Å²) >= 11 is 0. The quantitative estimate of drug-likeness (QED) is 0.739. The van der Waals surface area contributed by atoms with Gasteiger partial charge in [-0.05, 0) is 31.7 Å². The Kier molecular flexibility index (Phi) is 4.87. The number of likely N-dealkylation sites (tertiary alicyclic amines) is 1. The van der Waals surface area contributed by atoms with Crippen LogP contribution in [0.1, 0.15) is 26.2 Å². The summed E-state index contributed by atoms with van der Waals surface area (Å²) in [5, 5.41) is 3.25. The second-order valence-electron chi connectivity index (χ2n) is 4.70. The van der Waals surface area contributed by atoms with Crippen LogP contribution in [0.2, 0.25) is 0 Å².